The largest absolute Gasteiger partial charge is 0.394 e. The van der Waals surface area contributed by atoms with E-state index in [9.17, 15) is 15.0 Å². The molecule has 2 atom stereocenters. The molecule has 3 N–H and O–H groups in total. The fourth-order valence-electron chi connectivity index (χ4n) is 10.4. The summed E-state index contributed by atoms with van der Waals surface area (Å²) in [6.07, 6.45) is 90.5. The van der Waals surface area contributed by atoms with E-state index in [0.717, 1.165) is 38.5 Å². The zero-order valence-corrected chi connectivity index (χ0v) is 49.7. The first kappa shape index (κ1) is 71.3. The topological polar surface area (TPSA) is 69.6 Å². The van der Waals surface area contributed by atoms with Gasteiger partial charge in [0.15, 0.2) is 0 Å². The van der Waals surface area contributed by atoms with Crippen LogP contribution in [-0.4, -0.2) is 34.9 Å². The van der Waals surface area contributed by atoms with Crippen LogP contribution in [0.3, 0.4) is 0 Å². The van der Waals surface area contributed by atoms with Crippen LogP contribution in [0, 0.1) is 0 Å². The average molecular weight is 1020 g/mol. The van der Waals surface area contributed by atoms with E-state index in [0.29, 0.717) is 6.42 Å². The van der Waals surface area contributed by atoms with E-state index in [1.807, 2.05) is 6.08 Å². The van der Waals surface area contributed by atoms with Crippen molar-refractivity contribution in [1.29, 1.82) is 0 Å². The number of carbonyl (C=O) groups is 1. The number of hydrogen-bond donors (Lipinski definition) is 3. The molecule has 4 nitrogen and oxygen atoms in total. The number of allylic oxidation sites excluding steroid dienone is 7. The minimum absolute atomic E-state index is 0.0712. The lowest BCUT2D eigenvalue weighted by atomic mass is 10.0. The van der Waals surface area contributed by atoms with Gasteiger partial charge < -0.3 is 15.5 Å². The highest BCUT2D eigenvalue weighted by molar-refractivity contribution is 5.76. The lowest BCUT2D eigenvalue weighted by Gasteiger charge is -2.19. The van der Waals surface area contributed by atoms with Crippen molar-refractivity contribution < 1.29 is 15.0 Å². The van der Waals surface area contributed by atoms with Gasteiger partial charge in [0.1, 0.15) is 0 Å². The first-order valence-electron chi connectivity index (χ1n) is 33.4. The van der Waals surface area contributed by atoms with Gasteiger partial charge in [0.2, 0.25) is 5.91 Å². The molecule has 73 heavy (non-hydrogen) atoms. The van der Waals surface area contributed by atoms with Crippen molar-refractivity contribution in [1.82, 2.24) is 5.32 Å². The van der Waals surface area contributed by atoms with Gasteiger partial charge in [-0.3, -0.25) is 4.79 Å². The first-order chi connectivity index (χ1) is 36.2. The zero-order valence-electron chi connectivity index (χ0n) is 49.7. The summed E-state index contributed by atoms with van der Waals surface area (Å²) in [5, 5.41) is 23.2. The summed E-state index contributed by atoms with van der Waals surface area (Å²) >= 11 is 0. The summed E-state index contributed by atoms with van der Waals surface area (Å²) in [4.78, 5) is 12.5. The molecule has 1 amide bonds. The van der Waals surface area contributed by atoms with Crippen molar-refractivity contribution in [2.45, 2.75) is 379 Å². The van der Waals surface area contributed by atoms with Crippen LogP contribution in [0.25, 0.3) is 0 Å². The van der Waals surface area contributed by atoms with E-state index in [-0.39, 0.29) is 12.5 Å². The second-order valence-electron chi connectivity index (χ2n) is 22.9. The van der Waals surface area contributed by atoms with E-state index in [4.69, 9.17) is 0 Å². The maximum atomic E-state index is 12.5. The SMILES string of the molecule is CCCCCCCCCC/C=C\CCCCCCCCCCCCCCCCCCCCCCCCCC(=O)NC(CO)C(O)/C=C/CC/C=C/CC/C=C/CCCCCCCCCCCCCCCCCC. The molecule has 2 unspecified atom stereocenters. The quantitative estimate of drug-likeness (QED) is 0.0420. The Morgan fingerprint density at radius 2 is 0.534 bits per heavy atom. The molecule has 0 fully saturated rings. The normalized spacial score (nSPS) is 13.0. The number of unbranched alkanes of at least 4 members (excludes halogenated alkanes) is 49. The van der Waals surface area contributed by atoms with E-state index < -0.39 is 12.1 Å². The van der Waals surface area contributed by atoms with Gasteiger partial charge in [-0.1, -0.05) is 339 Å². The van der Waals surface area contributed by atoms with Gasteiger partial charge >= 0.3 is 0 Å². The molecule has 0 saturated carbocycles. The van der Waals surface area contributed by atoms with E-state index in [2.05, 4.69) is 55.6 Å². The summed E-state index contributed by atoms with van der Waals surface area (Å²) in [6.45, 7) is 4.33. The molecule has 430 valence electrons. The number of rotatable bonds is 62. The number of hydrogen-bond acceptors (Lipinski definition) is 3. The number of nitrogens with one attached hydrogen (secondary N) is 1. The second-order valence-corrected chi connectivity index (χ2v) is 22.9. The number of amides is 1. The third-order valence-corrected chi connectivity index (χ3v) is 15.5. The molecular weight excluding hydrogens is 891 g/mol. The van der Waals surface area contributed by atoms with Crippen LogP contribution in [0.1, 0.15) is 367 Å². The summed E-state index contributed by atoms with van der Waals surface area (Å²) in [6, 6.07) is -0.646. The van der Waals surface area contributed by atoms with E-state index in [1.165, 1.54) is 308 Å². The van der Waals surface area contributed by atoms with Crippen molar-refractivity contribution in [3.63, 3.8) is 0 Å². The smallest absolute Gasteiger partial charge is 0.220 e. The maximum absolute atomic E-state index is 12.5. The van der Waals surface area contributed by atoms with E-state index >= 15 is 0 Å². The van der Waals surface area contributed by atoms with Crippen LogP contribution in [0.2, 0.25) is 0 Å². The maximum Gasteiger partial charge on any atom is 0.220 e. The molecule has 0 saturated heterocycles. The predicted molar refractivity (Wildman–Crippen MR) is 327 cm³/mol. The van der Waals surface area contributed by atoms with Gasteiger partial charge in [-0.25, -0.2) is 0 Å². The van der Waals surface area contributed by atoms with Gasteiger partial charge in [-0.2, -0.15) is 0 Å². The Kier molecular flexibility index (Phi) is 63.2. The highest BCUT2D eigenvalue weighted by Crippen LogP contribution is 2.18. The Morgan fingerprint density at radius 3 is 0.795 bits per heavy atom. The van der Waals surface area contributed by atoms with Crippen LogP contribution < -0.4 is 5.32 Å². The predicted octanol–water partition coefficient (Wildman–Crippen LogP) is 22.5. The number of carbonyl (C=O) groups excluding carboxylic acids is 1. The number of aliphatic hydroxyl groups excluding tert-OH is 2. The van der Waals surface area contributed by atoms with Gasteiger partial charge in [0, 0.05) is 6.42 Å². The standard InChI is InChI=1S/C69H131NO3/c1-3-5-7-9-11-13-15-17-19-21-23-25-27-29-31-32-33-34-35-36-37-38-39-41-43-45-47-49-51-53-55-57-59-61-63-65-69(73)70-67(66-71)68(72)64-62-60-58-56-54-52-50-48-46-44-42-40-30-28-26-24-22-20-18-16-14-12-10-8-6-4-2/h21,23,46,48,54,56,62,64,67-68,71-72H,3-20,22,24-45,47,49-53,55,57-61,63,65-66H2,1-2H3,(H,70,73)/b23-21-,48-46+,56-54+,64-62+. The molecule has 0 radical (unpaired) electrons. The Bertz CT molecular complexity index is 1160. The van der Waals surface area contributed by atoms with Crippen molar-refractivity contribution in [3.05, 3.63) is 48.6 Å². The third kappa shape index (κ3) is 61.1. The summed E-state index contributed by atoms with van der Waals surface area (Å²) in [7, 11) is 0. The fourth-order valence-corrected chi connectivity index (χ4v) is 10.4. The lowest BCUT2D eigenvalue weighted by molar-refractivity contribution is -0.123. The van der Waals surface area contributed by atoms with Crippen LogP contribution in [0.15, 0.2) is 48.6 Å². The molecule has 0 heterocycles. The van der Waals surface area contributed by atoms with Gasteiger partial charge in [-0.05, 0) is 70.6 Å². The third-order valence-electron chi connectivity index (χ3n) is 15.5. The average Bonchev–Trinajstić information content (AvgIpc) is 3.40. The molecule has 0 aliphatic carbocycles. The van der Waals surface area contributed by atoms with Crippen molar-refractivity contribution in [3.8, 4) is 0 Å². The van der Waals surface area contributed by atoms with E-state index in [1.54, 1.807) is 6.08 Å². The first-order valence-corrected chi connectivity index (χ1v) is 33.4. The molecule has 0 aliphatic rings. The van der Waals surface area contributed by atoms with Crippen LogP contribution in [0.5, 0.6) is 0 Å². The molecule has 0 rings (SSSR count). The zero-order chi connectivity index (χ0) is 52.7. The molecule has 4 heteroatoms. The van der Waals surface area contributed by atoms with Crippen LogP contribution in [0.4, 0.5) is 0 Å². The molecule has 0 spiro atoms. The van der Waals surface area contributed by atoms with Gasteiger partial charge in [0.05, 0.1) is 18.8 Å². The van der Waals surface area contributed by atoms with Crippen LogP contribution >= 0.6 is 0 Å². The molecule has 0 aliphatic heterocycles. The summed E-state index contributed by atoms with van der Waals surface area (Å²) < 4.78 is 0. The second kappa shape index (κ2) is 64.6. The lowest BCUT2D eigenvalue weighted by Crippen LogP contribution is -2.45. The highest BCUT2D eigenvalue weighted by Gasteiger charge is 2.18. The molecule has 0 bridgehead atoms. The summed E-state index contributed by atoms with van der Waals surface area (Å²) in [5.74, 6) is -0.0712. The molecular formula is C69H131NO3. The van der Waals surface area contributed by atoms with Crippen molar-refractivity contribution >= 4 is 5.91 Å². The Morgan fingerprint density at radius 1 is 0.315 bits per heavy atom. The van der Waals surface area contributed by atoms with Gasteiger partial charge in [-0.15, -0.1) is 0 Å². The minimum atomic E-state index is -0.871. The minimum Gasteiger partial charge on any atom is -0.394 e. The van der Waals surface area contributed by atoms with Crippen LogP contribution in [-0.2, 0) is 4.79 Å². The Balaban J connectivity index is 3.47. The van der Waals surface area contributed by atoms with Crippen molar-refractivity contribution in [2.24, 2.45) is 0 Å². The number of aliphatic hydroxyl groups is 2. The van der Waals surface area contributed by atoms with Crippen molar-refractivity contribution in [2.75, 3.05) is 6.61 Å². The summed E-state index contributed by atoms with van der Waals surface area (Å²) in [5.41, 5.74) is 0. The molecule has 0 aromatic carbocycles. The Labute approximate surface area is 458 Å². The monoisotopic (exact) mass is 1020 g/mol. The Hall–Kier alpha value is -1.65. The fraction of sp³-hybridized carbons (Fsp3) is 0.870. The van der Waals surface area contributed by atoms with Gasteiger partial charge in [0.25, 0.3) is 0 Å². The highest BCUT2D eigenvalue weighted by atomic mass is 16.3. The molecule has 0 aromatic heterocycles. The molecule has 0 aromatic rings.